The van der Waals surface area contributed by atoms with Gasteiger partial charge in [-0.05, 0) is 25.1 Å². The Morgan fingerprint density at radius 3 is 2.82 bits per heavy atom. The monoisotopic (exact) mass is 252 g/mol. The largest absolute Gasteiger partial charge is 0.496 e. The van der Waals surface area contributed by atoms with Crippen LogP contribution in [-0.2, 0) is 6.54 Å². The average molecular weight is 253 g/mol. The molecule has 0 fully saturated rings. The van der Waals surface area contributed by atoms with E-state index in [0.717, 1.165) is 11.3 Å². The van der Waals surface area contributed by atoms with Crippen LogP contribution in [0.5, 0.6) is 5.75 Å². The van der Waals surface area contributed by atoms with Crippen molar-refractivity contribution >= 4 is 11.6 Å². The minimum Gasteiger partial charge on any atom is -0.496 e. The van der Waals surface area contributed by atoms with Crippen LogP contribution in [0.3, 0.4) is 0 Å². The standard InChI is InChI=1S/C12H13ClN2O2/c1-7-12(17-11(6-14)15-7)9-5-8(13)3-4-10(9)16-2/h3-5H,6,14H2,1-2H3. The van der Waals surface area contributed by atoms with E-state index in [0.29, 0.717) is 22.4 Å². The van der Waals surface area contributed by atoms with Gasteiger partial charge in [0.05, 0.1) is 24.9 Å². The minimum atomic E-state index is 0.268. The normalized spacial score (nSPS) is 10.6. The molecule has 0 atom stereocenters. The first-order chi connectivity index (χ1) is 8.15. The van der Waals surface area contributed by atoms with Crippen molar-refractivity contribution in [3.8, 4) is 17.1 Å². The van der Waals surface area contributed by atoms with Crippen LogP contribution in [0.4, 0.5) is 0 Å². The number of hydrogen-bond acceptors (Lipinski definition) is 4. The Labute approximate surface area is 104 Å². The summed E-state index contributed by atoms with van der Waals surface area (Å²) >= 11 is 5.97. The summed E-state index contributed by atoms with van der Waals surface area (Å²) in [6.45, 7) is 2.13. The maximum absolute atomic E-state index is 5.97. The molecule has 0 radical (unpaired) electrons. The van der Waals surface area contributed by atoms with Gasteiger partial charge in [0.15, 0.2) is 5.76 Å². The molecule has 0 aliphatic carbocycles. The summed E-state index contributed by atoms with van der Waals surface area (Å²) in [6, 6.07) is 5.34. The van der Waals surface area contributed by atoms with Crippen molar-refractivity contribution in [2.75, 3.05) is 7.11 Å². The third kappa shape index (κ3) is 2.28. The number of nitrogens with two attached hydrogens (primary N) is 1. The van der Waals surface area contributed by atoms with Crippen LogP contribution in [0.25, 0.3) is 11.3 Å². The number of benzene rings is 1. The van der Waals surface area contributed by atoms with E-state index in [1.807, 2.05) is 6.92 Å². The molecule has 5 heteroatoms. The van der Waals surface area contributed by atoms with Gasteiger partial charge in [0.1, 0.15) is 5.75 Å². The molecule has 0 aliphatic heterocycles. The molecule has 2 rings (SSSR count). The van der Waals surface area contributed by atoms with Gasteiger partial charge in [-0.3, -0.25) is 0 Å². The van der Waals surface area contributed by atoms with Gasteiger partial charge in [-0.2, -0.15) is 0 Å². The number of methoxy groups -OCH3 is 1. The first-order valence-electron chi connectivity index (χ1n) is 5.16. The maximum Gasteiger partial charge on any atom is 0.208 e. The summed E-state index contributed by atoms with van der Waals surface area (Å²) in [7, 11) is 1.60. The molecule has 2 aromatic rings. The molecule has 0 unspecified atom stereocenters. The molecule has 1 aromatic carbocycles. The van der Waals surface area contributed by atoms with Gasteiger partial charge >= 0.3 is 0 Å². The Kier molecular flexibility index (Phi) is 3.36. The van der Waals surface area contributed by atoms with Crippen LogP contribution >= 0.6 is 11.6 Å². The van der Waals surface area contributed by atoms with E-state index >= 15 is 0 Å². The molecule has 0 bridgehead atoms. The zero-order chi connectivity index (χ0) is 12.4. The van der Waals surface area contributed by atoms with Gasteiger partial charge in [-0.15, -0.1) is 0 Å². The van der Waals surface area contributed by atoms with Crippen molar-refractivity contribution in [3.63, 3.8) is 0 Å². The number of hydrogen-bond donors (Lipinski definition) is 1. The highest BCUT2D eigenvalue weighted by atomic mass is 35.5. The van der Waals surface area contributed by atoms with Crippen molar-refractivity contribution in [1.29, 1.82) is 0 Å². The number of aryl methyl sites for hydroxylation is 1. The van der Waals surface area contributed by atoms with Crippen LogP contribution in [0.1, 0.15) is 11.6 Å². The summed E-state index contributed by atoms with van der Waals surface area (Å²) in [6.07, 6.45) is 0. The molecule has 17 heavy (non-hydrogen) atoms. The fourth-order valence-electron chi connectivity index (χ4n) is 1.65. The van der Waals surface area contributed by atoms with E-state index in [2.05, 4.69) is 4.98 Å². The highest BCUT2D eigenvalue weighted by molar-refractivity contribution is 6.30. The molecule has 2 N–H and O–H groups in total. The molecule has 0 saturated heterocycles. The van der Waals surface area contributed by atoms with Crippen molar-refractivity contribution in [1.82, 2.24) is 4.98 Å². The number of rotatable bonds is 3. The van der Waals surface area contributed by atoms with Crippen LogP contribution in [0.15, 0.2) is 22.6 Å². The van der Waals surface area contributed by atoms with Gasteiger partial charge in [-0.1, -0.05) is 11.6 Å². The number of ether oxygens (including phenoxy) is 1. The molecule has 4 nitrogen and oxygen atoms in total. The lowest BCUT2D eigenvalue weighted by molar-refractivity contribution is 0.413. The second-order valence-corrected chi connectivity index (χ2v) is 4.01. The number of nitrogens with zero attached hydrogens (tertiary/aromatic N) is 1. The average Bonchev–Trinajstić information content (AvgIpc) is 2.70. The minimum absolute atomic E-state index is 0.268. The van der Waals surface area contributed by atoms with E-state index in [1.165, 1.54) is 0 Å². The van der Waals surface area contributed by atoms with Crippen molar-refractivity contribution in [2.24, 2.45) is 5.73 Å². The van der Waals surface area contributed by atoms with Gasteiger partial charge in [0.25, 0.3) is 0 Å². The summed E-state index contributed by atoms with van der Waals surface area (Å²) in [4.78, 5) is 4.22. The SMILES string of the molecule is COc1ccc(Cl)cc1-c1oc(CN)nc1C. The molecule has 90 valence electrons. The molecule has 1 heterocycles. The highest BCUT2D eigenvalue weighted by Gasteiger charge is 2.15. The quantitative estimate of drug-likeness (QED) is 0.912. The lowest BCUT2D eigenvalue weighted by Gasteiger charge is -2.06. The molecule has 0 amide bonds. The molecular formula is C12H13ClN2O2. The second kappa shape index (κ2) is 4.77. The van der Waals surface area contributed by atoms with Crippen molar-refractivity contribution < 1.29 is 9.15 Å². The number of aromatic nitrogens is 1. The van der Waals surface area contributed by atoms with Gasteiger partial charge < -0.3 is 14.9 Å². The third-order valence-electron chi connectivity index (χ3n) is 2.42. The van der Waals surface area contributed by atoms with E-state index in [1.54, 1.807) is 25.3 Å². The van der Waals surface area contributed by atoms with Crippen LogP contribution in [-0.4, -0.2) is 12.1 Å². The summed E-state index contributed by atoms with van der Waals surface area (Å²) in [5.41, 5.74) is 7.05. The smallest absolute Gasteiger partial charge is 0.208 e. The van der Waals surface area contributed by atoms with Crippen molar-refractivity contribution in [3.05, 3.63) is 34.8 Å². The maximum atomic E-state index is 5.97. The summed E-state index contributed by atoms with van der Waals surface area (Å²) in [5, 5.41) is 0.617. The van der Waals surface area contributed by atoms with Crippen LogP contribution in [0.2, 0.25) is 5.02 Å². The topological polar surface area (TPSA) is 61.3 Å². The van der Waals surface area contributed by atoms with E-state index < -0.39 is 0 Å². The molecule has 0 spiro atoms. The lowest BCUT2D eigenvalue weighted by Crippen LogP contribution is -1.95. The van der Waals surface area contributed by atoms with Crippen LogP contribution in [0, 0.1) is 6.92 Å². The van der Waals surface area contributed by atoms with E-state index in [9.17, 15) is 0 Å². The molecule has 0 aliphatic rings. The summed E-state index contributed by atoms with van der Waals surface area (Å²) in [5.74, 6) is 1.83. The third-order valence-corrected chi connectivity index (χ3v) is 2.66. The molecule has 1 aromatic heterocycles. The molecule has 0 saturated carbocycles. The van der Waals surface area contributed by atoms with Crippen LogP contribution < -0.4 is 10.5 Å². The Morgan fingerprint density at radius 1 is 1.47 bits per heavy atom. The van der Waals surface area contributed by atoms with Gasteiger partial charge in [0.2, 0.25) is 5.89 Å². The zero-order valence-corrected chi connectivity index (χ0v) is 10.4. The Balaban J connectivity index is 2.58. The Morgan fingerprint density at radius 2 is 2.24 bits per heavy atom. The lowest BCUT2D eigenvalue weighted by atomic mass is 10.1. The zero-order valence-electron chi connectivity index (χ0n) is 9.66. The van der Waals surface area contributed by atoms with E-state index in [-0.39, 0.29) is 6.54 Å². The predicted octanol–water partition coefficient (Wildman–Crippen LogP) is 2.77. The summed E-state index contributed by atoms with van der Waals surface area (Å²) < 4.78 is 10.8. The van der Waals surface area contributed by atoms with Gasteiger partial charge in [0, 0.05) is 5.02 Å². The predicted molar refractivity (Wildman–Crippen MR) is 66.1 cm³/mol. The fraction of sp³-hybridized carbons (Fsp3) is 0.250. The van der Waals surface area contributed by atoms with E-state index in [4.69, 9.17) is 26.5 Å². The van der Waals surface area contributed by atoms with Gasteiger partial charge in [-0.25, -0.2) is 4.98 Å². The molecular weight excluding hydrogens is 240 g/mol. The highest BCUT2D eigenvalue weighted by Crippen LogP contribution is 2.34. The first-order valence-corrected chi connectivity index (χ1v) is 5.53. The second-order valence-electron chi connectivity index (χ2n) is 3.57. The Bertz CT molecular complexity index is 537. The number of halogens is 1. The van der Waals surface area contributed by atoms with Crippen molar-refractivity contribution in [2.45, 2.75) is 13.5 Å². The Hall–Kier alpha value is -1.52. The number of oxazole rings is 1. The fourth-order valence-corrected chi connectivity index (χ4v) is 1.82. The first kappa shape index (κ1) is 12.0.